The van der Waals surface area contributed by atoms with Gasteiger partial charge >= 0.3 is 0 Å². The lowest BCUT2D eigenvalue weighted by atomic mass is 10.1. The number of carbonyl (C=O) groups excluding carboxylic acids is 1. The Hall–Kier alpha value is -1.62. The molecule has 3 heterocycles. The molecule has 3 rings (SSSR count). The van der Waals surface area contributed by atoms with E-state index >= 15 is 0 Å². The van der Waals surface area contributed by atoms with Crippen molar-refractivity contribution in [3.63, 3.8) is 0 Å². The van der Waals surface area contributed by atoms with E-state index in [2.05, 4.69) is 27.1 Å². The van der Waals surface area contributed by atoms with Crippen LogP contribution in [-0.2, 0) is 0 Å². The summed E-state index contributed by atoms with van der Waals surface area (Å²) in [7, 11) is 2.18. The number of aromatic nitrogens is 1. The molecular weight excluding hydrogens is 324 g/mol. The molecule has 1 aromatic heterocycles. The fourth-order valence-electron chi connectivity index (χ4n) is 4.21. The summed E-state index contributed by atoms with van der Waals surface area (Å²) in [4.78, 5) is 21.6. The van der Waals surface area contributed by atoms with Gasteiger partial charge in [-0.05, 0) is 57.8 Å². The van der Waals surface area contributed by atoms with Crippen LogP contribution in [0.2, 0.25) is 0 Å². The van der Waals surface area contributed by atoms with Crippen LogP contribution in [0.1, 0.15) is 68.3 Å². The molecule has 0 saturated carbocycles. The molecule has 1 aromatic rings. The summed E-state index contributed by atoms with van der Waals surface area (Å²) in [6.07, 6.45) is 13.1. The lowest BCUT2D eigenvalue weighted by Gasteiger charge is -2.24. The lowest BCUT2D eigenvalue weighted by molar-refractivity contribution is 0.0945. The molecule has 2 saturated heterocycles. The van der Waals surface area contributed by atoms with Crippen LogP contribution in [0.3, 0.4) is 0 Å². The molecule has 0 bridgehead atoms. The number of rotatable bonds is 5. The largest absolute Gasteiger partial charge is 0.371 e. The highest BCUT2D eigenvalue weighted by Gasteiger charge is 2.20. The molecule has 1 amide bonds. The van der Waals surface area contributed by atoms with E-state index in [-0.39, 0.29) is 5.91 Å². The minimum absolute atomic E-state index is 0.0447. The third kappa shape index (κ3) is 5.44. The molecule has 0 aliphatic carbocycles. The van der Waals surface area contributed by atoms with E-state index in [0.717, 1.165) is 31.7 Å². The number of nitrogens with zero attached hydrogens (tertiary/aromatic N) is 3. The fraction of sp³-hybridized carbons (Fsp3) is 0.714. The summed E-state index contributed by atoms with van der Waals surface area (Å²) in [5, 5.41) is 3.06. The van der Waals surface area contributed by atoms with Crippen molar-refractivity contribution < 1.29 is 4.79 Å². The maximum Gasteiger partial charge on any atom is 0.269 e. The minimum Gasteiger partial charge on any atom is -0.371 e. The number of carbonyl (C=O) groups is 1. The number of nitrogens with one attached hydrogen (secondary N) is 1. The Labute approximate surface area is 158 Å². The van der Waals surface area contributed by atoms with E-state index in [0.29, 0.717) is 11.7 Å². The number of hydrogen-bond acceptors (Lipinski definition) is 4. The fourth-order valence-corrected chi connectivity index (χ4v) is 4.21. The van der Waals surface area contributed by atoms with Crippen LogP contribution in [0, 0.1) is 0 Å². The quantitative estimate of drug-likeness (QED) is 0.876. The molecule has 0 spiro atoms. The Bertz CT molecular complexity index is 567. The Balaban J connectivity index is 1.54. The van der Waals surface area contributed by atoms with Crippen molar-refractivity contribution in [3.05, 3.63) is 24.0 Å². The zero-order chi connectivity index (χ0) is 18.2. The number of amides is 1. The first kappa shape index (κ1) is 19.2. The molecule has 5 heteroatoms. The Kier molecular flexibility index (Phi) is 7.30. The summed E-state index contributed by atoms with van der Waals surface area (Å²) in [5.74, 6) is -0.0447. The molecule has 0 aromatic carbocycles. The van der Waals surface area contributed by atoms with Crippen LogP contribution >= 0.6 is 0 Å². The number of pyridine rings is 1. The number of hydrogen-bond donors (Lipinski definition) is 1. The SMILES string of the molecule is CN1CCC[C@@H]1CCNC(=O)c1cc(N2CCCCCCCC2)ccn1. The molecule has 0 radical (unpaired) electrons. The van der Waals surface area contributed by atoms with Gasteiger partial charge in [0, 0.05) is 37.6 Å². The van der Waals surface area contributed by atoms with Crippen molar-refractivity contribution in [2.24, 2.45) is 0 Å². The van der Waals surface area contributed by atoms with Gasteiger partial charge in [0.2, 0.25) is 0 Å². The predicted molar refractivity (Wildman–Crippen MR) is 107 cm³/mol. The van der Waals surface area contributed by atoms with Crippen LogP contribution in [0.15, 0.2) is 18.3 Å². The molecule has 2 aliphatic rings. The monoisotopic (exact) mass is 358 g/mol. The molecular formula is C21H34N4O. The number of likely N-dealkylation sites (tertiary alicyclic amines) is 1. The molecule has 0 unspecified atom stereocenters. The average molecular weight is 359 g/mol. The Morgan fingerprint density at radius 2 is 1.85 bits per heavy atom. The van der Waals surface area contributed by atoms with Crippen molar-refractivity contribution in [2.75, 3.05) is 38.1 Å². The first-order chi connectivity index (χ1) is 12.7. The van der Waals surface area contributed by atoms with Gasteiger partial charge in [-0.15, -0.1) is 0 Å². The predicted octanol–water partition coefficient (Wildman–Crippen LogP) is 3.46. The minimum atomic E-state index is -0.0447. The Morgan fingerprint density at radius 1 is 1.12 bits per heavy atom. The normalized spacial score (nSPS) is 22.5. The van der Waals surface area contributed by atoms with Gasteiger partial charge in [0.1, 0.15) is 5.69 Å². The van der Waals surface area contributed by atoms with Crippen molar-refractivity contribution in [3.8, 4) is 0 Å². The lowest BCUT2D eigenvalue weighted by Crippen LogP contribution is -2.32. The van der Waals surface area contributed by atoms with Crippen LogP contribution in [-0.4, -0.2) is 55.1 Å². The highest BCUT2D eigenvalue weighted by Crippen LogP contribution is 2.20. The number of anilines is 1. The highest BCUT2D eigenvalue weighted by molar-refractivity contribution is 5.93. The van der Waals surface area contributed by atoms with E-state index in [1.54, 1.807) is 6.20 Å². The molecule has 5 nitrogen and oxygen atoms in total. The van der Waals surface area contributed by atoms with E-state index < -0.39 is 0 Å². The van der Waals surface area contributed by atoms with Gasteiger partial charge < -0.3 is 15.1 Å². The van der Waals surface area contributed by atoms with Crippen molar-refractivity contribution >= 4 is 11.6 Å². The summed E-state index contributed by atoms with van der Waals surface area (Å²) in [6.45, 7) is 4.07. The van der Waals surface area contributed by atoms with Gasteiger partial charge in [0.15, 0.2) is 0 Å². The van der Waals surface area contributed by atoms with Crippen LogP contribution in [0.4, 0.5) is 5.69 Å². The Morgan fingerprint density at radius 3 is 2.54 bits per heavy atom. The second kappa shape index (κ2) is 9.91. The third-order valence-electron chi connectivity index (χ3n) is 5.88. The molecule has 2 fully saturated rings. The second-order valence-corrected chi connectivity index (χ2v) is 7.83. The molecule has 2 aliphatic heterocycles. The second-order valence-electron chi connectivity index (χ2n) is 7.83. The highest BCUT2D eigenvalue weighted by atomic mass is 16.1. The van der Waals surface area contributed by atoms with Crippen LogP contribution in [0.25, 0.3) is 0 Å². The summed E-state index contributed by atoms with van der Waals surface area (Å²) >= 11 is 0. The van der Waals surface area contributed by atoms with Crippen molar-refractivity contribution in [1.82, 2.24) is 15.2 Å². The van der Waals surface area contributed by atoms with Crippen molar-refractivity contribution in [2.45, 2.75) is 63.8 Å². The summed E-state index contributed by atoms with van der Waals surface area (Å²) in [6, 6.07) is 4.62. The molecule has 26 heavy (non-hydrogen) atoms. The van der Waals surface area contributed by atoms with Crippen molar-refractivity contribution in [1.29, 1.82) is 0 Å². The third-order valence-corrected chi connectivity index (χ3v) is 5.88. The van der Waals surface area contributed by atoms with Gasteiger partial charge in [-0.3, -0.25) is 9.78 Å². The van der Waals surface area contributed by atoms with Crippen LogP contribution < -0.4 is 10.2 Å². The zero-order valence-electron chi connectivity index (χ0n) is 16.3. The van der Waals surface area contributed by atoms with Gasteiger partial charge in [0.05, 0.1) is 0 Å². The standard InChI is InChI=1S/C21H34N4O/c1-24-14-8-9-18(24)10-13-23-21(26)20-17-19(11-12-22-20)25-15-6-4-2-3-5-7-16-25/h11-12,17-18H,2-10,13-16H2,1H3,(H,23,26)/t18-/m1/s1. The smallest absolute Gasteiger partial charge is 0.269 e. The van der Waals surface area contributed by atoms with E-state index in [1.165, 1.54) is 57.9 Å². The molecule has 1 atom stereocenters. The molecule has 1 N–H and O–H groups in total. The zero-order valence-corrected chi connectivity index (χ0v) is 16.3. The first-order valence-corrected chi connectivity index (χ1v) is 10.4. The summed E-state index contributed by atoms with van der Waals surface area (Å²) in [5.41, 5.74) is 1.68. The van der Waals surface area contributed by atoms with E-state index in [4.69, 9.17) is 0 Å². The van der Waals surface area contributed by atoms with Gasteiger partial charge in [0.25, 0.3) is 5.91 Å². The van der Waals surface area contributed by atoms with Gasteiger partial charge in [-0.2, -0.15) is 0 Å². The van der Waals surface area contributed by atoms with Gasteiger partial charge in [-0.25, -0.2) is 0 Å². The first-order valence-electron chi connectivity index (χ1n) is 10.4. The average Bonchev–Trinajstić information content (AvgIpc) is 3.12. The topological polar surface area (TPSA) is 48.5 Å². The van der Waals surface area contributed by atoms with E-state index in [1.807, 2.05) is 12.1 Å². The maximum atomic E-state index is 12.5. The van der Waals surface area contributed by atoms with E-state index in [9.17, 15) is 4.79 Å². The molecule has 144 valence electrons. The maximum absolute atomic E-state index is 12.5. The van der Waals surface area contributed by atoms with Crippen LogP contribution in [0.5, 0.6) is 0 Å². The summed E-state index contributed by atoms with van der Waals surface area (Å²) < 4.78 is 0. The van der Waals surface area contributed by atoms with Gasteiger partial charge in [-0.1, -0.05) is 25.7 Å².